The molecule has 1 saturated heterocycles. The Hall–Kier alpha value is -0.0800. The minimum Gasteiger partial charge on any atom is -0.372 e. The van der Waals surface area contributed by atoms with Gasteiger partial charge in [0.2, 0.25) is 0 Å². The van der Waals surface area contributed by atoms with Gasteiger partial charge in [0.05, 0.1) is 12.7 Å². The van der Waals surface area contributed by atoms with E-state index in [0.717, 1.165) is 24.5 Å². The maximum atomic E-state index is 5.31. The standard InChI is InChI=1S/C12H21NO/c1-13(7-11-8-14-11)12-6-9-2-4-10(12)5-3-9/h9-12H,2-8H2,1H3/t9?,10?,11-,12?/m1/s1. The van der Waals surface area contributed by atoms with Crippen LogP contribution in [0.25, 0.3) is 0 Å². The fourth-order valence-corrected chi connectivity index (χ4v) is 3.51. The molecule has 3 saturated carbocycles. The normalized spacial score (nSPS) is 45.9. The third-order valence-electron chi connectivity index (χ3n) is 4.47. The van der Waals surface area contributed by atoms with Crippen LogP contribution in [0.15, 0.2) is 0 Å². The molecule has 2 bridgehead atoms. The molecule has 2 nitrogen and oxygen atoms in total. The minimum absolute atomic E-state index is 0.570. The Morgan fingerprint density at radius 2 is 1.93 bits per heavy atom. The maximum Gasteiger partial charge on any atom is 0.0936 e. The van der Waals surface area contributed by atoms with Crippen LogP contribution < -0.4 is 0 Å². The fraction of sp³-hybridized carbons (Fsp3) is 1.00. The summed E-state index contributed by atoms with van der Waals surface area (Å²) in [7, 11) is 2.30. The second-order valence-corrected chi connectivity index (χ2v) is 5.48. The minimum atomic E-state index is 0.570. The topological polar surface area (TPSA) is 15.8 Å². The molecule has 0 aromatic rings. The van der Waals surface area contributed by atoms with Crippen LogP contribution >= 0.6 is 0 Å². The van der Waals surface area contributed by atoms with Gasteiger partial charge in [0.25, 0.3) is 0 Å². The van der Waals surface area contributed by atoms with Crippen LogP contribution in [0.2, 0.25) is 0 Å². The lowest BCUT2D eigenvalue weighted by atomic mass is 9.67. The van der Waals surface area contributed by atoms with E-state index in [9.17, 15) is 0 Å². The first-order valence-electron chi connectivity index (χ1n) is 6.15. The van der Waals surface area contributed by atoms with Crippen LogP contribution in [0.1, 0.15) is 32.1 Å². The molecular formula is C12H21NO. The molecule has 1 heterocycles. The number of hydrogen-bond donors (Lipinski definition) is 0. The van der Waals surface area contributed by atoms with Crippen molar-refractivity contribution in [2.45, 2.75) is 44.2 Å². The highest BCUT2D eigenvalue weighted by molar-refractivity contribution is 4.92. The average molecular weight is 195 g/mol. The molecule has 4 aliphatic rings. The Kier molecular flexibility index (Phi) is 2.29. The Labute approximate surface area is 86.6 Å². The lowest BCUT2D eigenvalue weighted by Gasteiger charge is -2.46. The van der Waals surface area contributed by atoms with Crippen molar-refractivity contribution in [1.29, 1.82) is 0 Å². The van der Waals surface area contributed by atoms with Gasteiger partial charge in [0.1, 0.15) is 0 Å². The van der Waals surface area contributed by atoms with Crippen LogP contribution in [-0.4, -0.2) is 37.2 Å². The Morgan fingerprint density at radius 3 is 2.43 bits per heavy atom. The van der Waals surface area contributed by atoms with Crippen LogP contribution in [0.3, 0.4) is 0 Å². The van der Waals surface area contributed by atoms with E-state index in [1.54, 1.807) is 0 Å². The summed E-state index contributed by atoms with van der Waals surface area (Å²) in [4.78, 5) is 2.58. The molecule has 0 aromatic carbocycles. The van der Waals surface area contributed by atoms with Gasteiger partial charge in [-0.3, -0.25) is 0 Å². The van der Waals surface area contributed by atoms with Crippen LogP contribution in [0.4, 0.5) is 0 Å². The maximum absolute atomic E-state index is 5.31. The van der Waals surface area contributed by atoms with Gasteiger partial charge in [0.15, 0.2) is 0 Å². The zero-order valence-electron chi connectivity index (χ0n) is 9.11. The summed E-state index contributed by atoms with van der Waals surface area (Å²) in [5.74, 6) is 2.05. The number of nitrogens with zero attached hydrogens (tertiary/aromatic N) is 1. The SMILES string of the molecule is CN(C[C@@H]1CO1)C1CC2CCC1CC2. The Bertz CT molecular complexity index is 206. The van der Waals surface area contributed by atoms with Crippen molar-refractivity contribution in [3.8, 4) is 0 Å². The van der Waals surface area contributed by atoms with Crippen molar-refractivity contribution in [1.82, 2.24) is 4.90 Å². The van der Waals surface area contributed by atoms with Crippen molar-refractivity contribution in [3.63, 3.8) is 0 Å². The second-order valence-electron chi connectivity index (χ2n) is 5.48. The lowest BCUT2D eigenvalue weighted by molar-refractivity contribution is 0.0456. The van der Waals surface area contributed by atoms with Crippen LogP contribution in [-0.2, 0) is 4.74 Å². The van der Waals surface area contributed by atoms with E-state index < -0.39 is 0 Å². The molecule has 0 spiro atoms. The Morgan fingerprint density at radius 1 is 1.21 bits per heavy atom. The van der Waals surface area contributed by atoms with Gasteiger partial charge in [-0.15, -0.1) is 0 Å². The van der Waals surface area contributed by atoms with Crippen LogP contribution in [0, 0.1) is 11.8 Å². The van der Waals surface area contributed by atoms with E-state index in [-0.39, 0.29) is 0 Å². The van der Waals surface area contributed by atoms with Crippen molar-refractivity contribution < 1.29 is 4.74 Å². The molecular weight excluding hydrogens is 174 g/mol. The lowest BCUT2D eigenvalue weighted by Crippen LogP contribution is -2.46. The van der Waals surface area contributed by atoms with Crippen molar-refractivity contribution in [3.05, 3.63) is 0 Å². The summed E-state index contributed by atoms with van der Waals surface area (Å²) in [6.07, 6.45) is 8.04. The van der Waals surface area contributed by atoms with E-state index in [1.807, 2.05) is 0 Å². The predicted molar refractivity (Wildman–Crippen MR) is 56.2 cm³/mol. The van der Waals surface area contributed by atoms with Gasteiger partial charge in [-0.05, 0) is 38.1 Å². The number of epoxide rings is 1. The van der Waals surface area contributed by atoms with E-state index >= 15 is 0 Å². The number of hydrogen-bond acceptors (Lipinski definition) is 2. The summed E-state index contributed by atoms with van der Waals surface area (Å²) < 4.78 is 5.31. The first-order chi connectivity index (χ1) is 6.83. The zero-order valence-corrected chi connectivity index (χ0v) is 9.11. The van der Waals surface area contributed by atoms with Crippen molar-refractivity contribution in [2.24, 2.45) is 11.8 Å². The Balaban J connectivity index is 1.60. The fourth-order valence-electron chi connectivity index (χ4n) is 3.51. The van der Waals surface area contributed by atoms with E-state index in [1.165, 1.54) is 38.6 Å². The molecule has 2 atom stereocenters. The zero-order chi connectivity index (χ0) is 9.54. The van der Waals surface area contributed by atoms with Gasteiger partial charge in [-0.25, -0.2) is 0 Å². The first-order valence-corrected chi connectivity index (χ1v) is 6.15. The van der Waals surface area contributed by atoms with Crippen LogP contribution in [0.5, 0.6) is 0 Å². The number of likely N-dealkylation sites (N-methyl/N-ethyl adjacent to an activating group) is 1. The van der Waals surface area contributed by atoms with Gasteiger partial charge >= 0.3 is 0 Å². The van der Waals surface area contributed by atoms with Crippen molar-refractivity contribution in [2.75, 3.05) is 20.2 Å². The predicted octanol–water partition coefficient (Wildman–Crippen LogP) is 1.90. The van der Waals surface area contributed by atoms with Gasteiger partial charge in [-0.1, -0.05) is 12.8 Å². The summed E-state index contributed by atoms with van der Waals surface area (Å²) >= 11 is 0. The van der Waals surface area contributed by atoms with Gasteiger partial charge in [-0.2, -0.15) is 0 Å². The largest absolute Gasteiger partial charge is 0.372 e. The smallest absolute Gasteiger partial charge is 0.0936 e. The summed E-state index contributed by atoms with van der Waals surface area (Å²) in [5, 5.41) is 0. The highest BCUT2D eigenvalue weighted by Crippen LogP contribution is 2.43. The summed E-state index contributed by atoms with van der Waals surface area (Å²) in [6.45, 7) is 2.18. The molecule has 1 aliphatic heterocycles. The highest BCUT2D eigenvalue weighted by Gasteiger charge is 2.38. The molecule has 0 radical (unpaired) electrons. The molecule has 4 rings (SSSR count). The number of fused-ring (bicyclic) bond motifs is 3. The average Bonchev–Trinajstić information content (AvgIpc) is 3.03. The molecule has 0 amide bonds. The van der Waals surface area contributed by atoms with Gasteiger partial charge < -0.3 is 9.64 Å². The highest BCUT2D eigenvalue weighted by atomic mass is 16.6. The molecule has 0 aromatic heterocycles. The van der Waals surface area contributed by atoms with E-state index in [2.05, 4.69) is 11.9 Å². The molecule has 80 valence electrons. The molecule has 14 heavy (non-hydrogen) atoms. The number of rotatable bonds is 3. The molecule has 4 fully saturated rings. The van der Waals surface area contributed by atoms with Gasteiger partial charge in [0, 0.05) is 12.6 Å². The van der Waals surface area contributed by atoms with E-state index in [0.29, 0.717) is 6.10 Å². The van der Waals surface area contributed by atoms with E-state index in [4.69, 9.17) is 4.74 Å². The number of ether oxygens (including phenoxy) is 1. The third kappa shape index (κ3) is 1.70. The first kappa shape index (κ1) is 9.17. The monoisotopic (exact) mass is 195 g/mol. The third-order valence-corrected chi connectivity index (χ3v) is 4.47. The quantitative estimate of drug-likeness (QED) is 0.639. The molecule has 2 heteroatoms. The molecule has 1 unspecified atom stereocenters. The molecule has 3 aliphatic carbocycles. The molecule has 0 N–H and O–H groups in total. The van der Waals surface area contributed by atoms with Crippen molar-refractivity contribution >= 4 is 0 Å². The second kappa shape index (κ2) is 3.49. The summed E-state index contributed by atoms with van der Waals surface area (Å²) in [5.41, 5.74) is 0. The summed E-state index contributed by atoms with van der Waals surface area (Å²) in [6, 6.07) is 0.881.